The van der Waals surface area contributed by atoms with Crippen LogP contribution >= 0.6 is 0 Å². The fourth-order valence-electron chi connectivity index (χ4n) is 3.81. The number of benzene rings is 1. The number of hydrogen-bond acceptors (Lipinski definition) is 5. The highest BCUT2D eigenvalue weighted by Gasteiger charge is 2.38. The fourth-order valence-corrected chi connectivity index (χ4v) is 3.81. The molecule has 0 saturated carbocycles. The molecule has 0 saturated heterocycles. The lowest BCUT2D eigenvalue weighted by Crippen LogP contribution is -2.48. The van der Waals surface area contributed by atoms with Gasteiger partial charge in [-0.2, -0.15) is 5.26 Å². The number of pyridine rings is 1. The predicted octanol–water partition coefficient (Wildman–Crippen LogP) is 3.25. The van der Waals surface area contributed by atoms with E-state index in [0.29, 0.717) is 23.5 Å². The van der Waals surface area contributed by atoms with E-state index in [1.54, 1.807) is 30.0 Å². The van der Waals surface area contributed by atoms with Gasteiger partial charge in [-0.3, -0.25) is 9.59 Å². The van der Waals surface area contributed by atoms with Crippen LogP contribution in [0.1, 0.15) is 55.2 Å². The van der Waals surface area contributed by atoms with Gasteiger partial charge in [-0.1, -0.05) is 6.92 Å². The summed E-state index contributed by atoms with van der Waals surface area (Å²) < 4.78 is 0. The van der Waals surface area contributed by atoms with Crippen LogP contribution in [0.25, 0.3) is 0 Å². The maximum Gasteiger partial charge on any atom is 0.251 e. The lowest BCUT2D eigenvalue weighted by Gasteiger charge is -2.44. The molecule has 1 aliphatic rings. The van der Waals surface area contributed by atoms with E-state index in [4.69, 9.17) is 5.26 Å². The molecule has 2 amide bonds. The van der Waals surface area contributed by atoms with Gasteiger partial charge in [-0.15, -0.1) is 0 Å². The van der Waals surface area contributed by atoms with Gasteiger partial charge in [-0.25, -0.2) is 4.98 Å². The molecule has 29 heavy (non-hydrogen) atoms. The summed E-state index contributed by atoms with van der Waals surface area (Å²) in [7, 11) is 0. The number of carbonyl (C=O) groups is 2. The van der Waals surface area contributed by atoms with Gasteiger partial charge < -0.3 is 15.5 Å². The summed E-state index contributed by atoms with van der Waals surface area (Å²) in [5.74, 6) is 0.518. The summed E-state index contributed by atoms with van der Waals surface area (Å²) in [6.07, 6.45) is 1.52. The molecule has 1 aromatic heterocycles. The van der Waals surface area contributed by atoms with Crippen LogP contribution in [0.3, 0.4) is 0 Å². The lowest BCUT2D eigenvalue weighted by atomic mass is 9.82. The van der Waals surface area contributed by atoms with E-state index in [1.807, 2.05) is 26.0 Å². The van der Waals surface area contributed by atoms with Crippen molar-refractivity contribution in [1.82, 2.24) is 10.3 Å². The first-order valence-electron chi connectivity index (χ1n) is 9.72. The number of aromatic nitrogens is 1. The molecule has 3 rings (SSSR count). The van der Waals surface area contributed by atoms with Gasteiger partial charge in [0.05, 0.1) is 11.6 Å². The smallest absolute Gasteiger partial charge is 0.251 e. The molecular weight excluding hydrogens is 366 g/mol. The number of fused-ring (bicyclic) bond motifs is 1. The second kappa shape index (κ2) is 8.31. The zero-order valence-corrected chi connectivity index (χ0v) is 17.1. The average Bonchev–Trinajstić information content (AvgIpc) is 2.71. The van der Waals surface area contributed by atoms with Gasteiger partial charge >= 0.3 is 0 Å². The van der Waals surface area contributed by atoms with Gasteiger partial charge in [0.25, 0.3) is 5.91 Å². The van der Waals surface area contributed by atoms with Crippen LogP contribution in [0.2, 0.25) is 0 Å². The number of hydrogen-bond donors (Lipinski definition) is 2. The molecule has 0 radical (unpaired) electrons. The Kier molecular flexibility index (Phi) is 5.83. The van der Waals surface area contributed by atoms with Crippen molar-refractivity contribution in [3.63, 3.8) is 0 Å². The van der Waals surface area contributed by atoms with Crippen molar-refractivity contribution < 1.29 is 9.59 Å². The van der Waals surface area contributed by atoms with E-state index < -0.39 is 0 Å². The standard InChI is InChI=1S/C22H25N5O2/c1-5-24-22(29)17-7-8-19-18(10-17)21(13(2)14(3)27(19)15(4)28)26-20-9-6-16(11-23)12-25-20/h6-10,12-14,21H,5H2,1-4H3,(H,24,29)(H,25,26)/t13-,14-,21+/m0/s1. The van der Waals surface area contributed by atoms with Crippen molar-refractivity contribution in [2.24, 2.45) is 5.92 Å². The Labute approximate surface area is 170 Å². The largest absolute Gasteiger partial charge is 0.363 e. The van der Waals surface area contributed by atoms with E-state index in [0.717, 1.165) is 11.3 Å². The summed E-state index contributed by atoms with van der Waals surface area (Å²) in [6.45, 7) is 8.07. The van der Waals surface area contributed by atoms with Gasteiger partial charge in [0, 0.05) is 42.9 Å². The van der Waals surface area contributed by atoms with E-state index in [2.05, 4.69) is 28.6 Å². The summed E-state index contributed by atoms with van der Waals surface area (Å²) in [5.41, 5.74) is 2.71. The van der Waals surface area contributed by atoms with Gasteiger partial charge in [0.15, 0.2) is 0 Å². The topological polar surface area (TPSA) is 98.1 Å². The van der Waals surface area contributed by atoms with Crippen molar-refractivity contribution in [2.45, 2.75) is 39.8 Å². The number of carbonyl (C=O) groups excluding carboxylic acids is 2. The molecule has 150 valence electrons. The van der Waals surface area contributed by atoms with Crippen LogP contribution in [0, 0.1) is 17.2 Å². The SMILES string of the molecule is CCNC(=O)c1ccc2c(c1)[C@H](Nc1ccc(C#N)cn1)[C@@H](C)[C@H](C)N2C(C)=O. The number of nitriles is 1. The Morgan fingerprint density at radius 1 is 1.24 bits per heavy atom. The Hall–Kier alpha value is -3.40. The zero-order valence-electron chi connectivity index (χ0n) is 17.1. The van der Waals surface area contributed by atoms with Gasteiger partial charge in [0.2, 0.25) is 5.91 Å². The van der Waals surface area contributed by atoms with Crippen molar-refractivity contribution >= 4 is 23.3 Å². The molecule has 1 aromatic carbocycles. The van der Waals surface area contributed by atoms with Crippen LogP contribution in [0.5, 0.6) is 0 Å². The van der Waals surface area contributed by atoms with Crippen LogP contribution in [-0.2, 0) is 4.79 Å². The summed E-state index contributed by atoms with van der Waals surface area (Å²) in [6, 6.07) is 10.8. The molecule has 1 aliphatic heterocycles. The fraction of sp³-hybridized carbons (Fsp3) is 0.364. The van der Waals surface area contributed by atoms with E-state index in [-0.39, 0.29) is 29.8 Å². The van der Waals surface area contributed by atoms with E-state index in [9.17, 15) is 9.59 Å². The molecule has 7 nitrogen and oxygen atoms in total. The van der Waals surface area contributed by atoms with Crippen molar-refractivity contribution in [3.05, 3.63) is 53.2 Å². The van der Waals surface area contributed by atoms with Gasteiger partial charge in [-0.05, 0) is 49.7 Å². The van der Waals surface area contributed by atoms with Crippen LogP contribution in [-0.4, -0.2) is 29.4 Å². The molecular formula is C22H25N5O2. The Bertz CT molecular complexity index is 964. The van der Waals surface area contributed by atoms with E-state index >= 15 is 0 Å². The second-order valence-electron chi connectivity index (χ2n) is 7.29. The highest BCUT2D eigenvalue weighted by molar-refractivity contribution is 5.97. The third-order valence-electron chi connectivity index (χ3n) is 5.45. The Morgan fingerprint density at radius 3 is 2.59 bits per heavy atom. The molecule has 7 heteroatoms. The predicted molar refractivity (Wildman–Crippen MR) is 112 cm³/mol. The lowest BCUT2D eigenvalue weighted by molar-refractivity contribution is -0.117. The Balaban J connectivity index is 2.06. The normalized spacial score (nSPS) is 20.4. The summed E-state index contributed by atoms with van der Waals surface area (Å²) in [5, 5.41) is 15.2. The third kappa shape index (κ3) is 3.92. The summed E-state index contributed by atoms with van der Waals surface area (Å²) >= 11 is 0. The number of rotatable bonds is 4. The molecule has 0 unspecified atom stereocenters. The van der Waals surface area contributed by atoms with Crippen molar-refractivity contribution in [1.29, 1.82) is 5.26 Å². The highest BCUT2D eigenvalue weighted by Crippen LogP contribution is 2.42. The van der Waals surface area contributed by atoms with Crippen molar-refractivity contribution in [3.8, 4) is 6.07 Å². The maximum absolute atomic E-state index is 12.4. The monoisotopic (exact) mass is 391 g/mol. The zero-order chi connectivity index (χ0) is 21.1. The quantitative estimate of drug-likeness (QED) is 0.834. The second-order valence-corrected chi connectivity index (χ2v) is 7.29. The minimum atomic E-state index is -0.148. The molecule has 2 aromatic rings. The molecule has 3 atom stereocenters. The maximum atomic E-state index is 12.4. The first kappa shape index (κ1) is 20.3. The highest BCUT2D eigenvalue weighted by atomic mass is 16.2. The Morgan fingerprint density at radius 2 is 2.00 bits per heavy atom. The molecule has 0 bridgehead atoms. The van der Waals surface area contributed by atoms with Crippen LogP contribution in [0.15, 0.2) is 36.5 Å². The minimum absolute atomic E-state index is 0.0358. The number of nitrogens with one attached hydrogen (secondary N) is 2. The number of anilines is 2. The molecule has 2 N–H and O–H groups in total. The average molecular weight is 391 g/mol. The molecule has 0 fully saturated rings. The first-order chi connectivity index (χ1) is 13.9. The number of nitrogens with zero attached hydrogens (tertiary/aromatic N) is 3. The molecule has 2 heterocycles. The van der Waals surface area contributed by atoms with Gasteiger partial charge in [0.1, 0.15) is 11.9 Å². The molecule has 0 aliphatic carbocycles. The minimum Gasteiger partial charge on any atom is -0.363 e. The van der Waals surface area contributed by atoms with Crippen molar-refractivity contribution in [2.75, 3.05) is 16.8 Å². The van der Waals surface area contributed by atoms with E-state index in [1.165, 1.54) is 6.20 Å². The first-order valence-corrected chi connectivity index (χ1v) is 9.72. The third-order valence-corrected chi connectivity index (χ3v) is 5.45. The summed E-state index contributed by atoms with van der Waals surface area (Å²) in [4.78, 5) is 30.8. The van der Waals surface area contributed by atoms with Crippen LogP contribution in [0.4, 0.5) is 11.5 Å². The number of amides is 2. The molecule has 0 spiro atoms. The van der Waals surface area contributed by atoms with Crippen LogP contribution < -0.4 is 15.5 Å².